The summed E-state index contributed by atoms with van der Waals surface area (Å²) < 4.78 is 0. The third-order valence-corrected chi connectivity index (χ3v) is 3.27. The van der Waals surface area contributed by atoms with Gasteiger partial charge in [-0.05, 0) is 24.7 Å². The van der Waals surface area contributed by atoms with Gasteiger partial charge in [0.05, 0.1) is 6.04 Å². The SMILES string of the molecule is CC1CC(C)N(C(=O)C(N)C(C)(C)C)C1. The van der Waals surface area contributed by atoms with Crippen LogP contribution in [0.3, 0.4) is 0 Å². The summed E-state index contributed by atoms with van der Waals surface area (Å²) in [5.74, 6) is 0.718. The van der Waals surface area contributed by atoms with E-state index in [1.807, 2.05) is 25.7 Å². The van der Waals surface area contributed by atoms with Gasteiger partial charge in [0.15, 0.2) is 0 Å². The van der Waals surface area contributed by atoms with Gasteiger partial charge in [0, 0.05) is 12.6 Å². The van der Waals surface area contributed by atoms with Gasteiger partial charge in [0.1, 0.15) is 0 Å². The zero-order valence-corrected chi connectivity index (χ0v) is 10.6. The van der Waals surface area contributed by atoms with E-state index in [9.17, 15) is 4.79 Å². The van der Waals surface area contributed by atoms with Crippen molar-refractivity contribution in [2.45, 2.75) is 53.1 Å². The molecule has 0 radical (unpaired) electrons. The number of likely N-dealkylation sites (tertiary alicyclic amines) is 1. The van der Waals surface area contributed by atoms with Crippen molar-refractivity contribution in [1.29, 1.82) is 0 Å². The molecule has 3 heteroatoms. The highest BCUT2D eigenvalue weighted by atomic mass is 16.2. The molecule has 15 heavy (non-hydrogen) atoms. The number of nitrogens with zero attached hydrogens (tertiary/aromatic N) is 1. The number of rotatable bonds is 1. The summed E-state index contributed by atoms with van der Waals surface area (Å²) in [6, 6.07) is -0.0360. The molecule has 1 heterocycles. The molecule has 0 aromatic rings. The van der Waals surface area contributed by atoms with Gasteiger partial charge in [0.25, 0.3) is 0 Å². The Bertz CT molecular complexity index is 244. The van der Waals surface area contributed by atoms with Crippen LogP contribution < -0.4 is 5.73 Å². The lowest BCUT2D eigenvalue weighted by Gasteiger charge is -2.32. The van der Waals surface area contributed by atoms with Crippen LogP contribution in [0.15, 0.2) is 0 Å². The van der Waals surface area contributed by atoms with E-state index in [1.54, 1.807) is 0 Å². The topological polar surface area (TPSA) is 46.3 Å². The van der Waals surface area contributed by atoms with E-state index >= 15 is 0 Å². The number of carbonyl (C=O) groups excluding carboxylic acids is 1. The lowest BCUT2D eigenvalue weighted by atomic mass is 9.86. The van der Waals surface area contributed by atoms with Crippen molar-refractivity contribution >= 4 is 5.91 Å². The minimum absolute atomic E-state index is 0.111. The molecule has 0 saturated carbocycles. The molecule has 2 N–H and O–H groups in total. The first kappa shape index (κ1) is 12.5. The Kier molecular flexibility index (Phi) is 3.44. The van der Waals surface area contributed by atoms with Gasteiger partial charge in [-0.1, -0.05) is 27.7 Å². The molecular formula is C12H24N2O. The Hall–Kier alpha value is -0.570. The van der Waals surface area contributed by atoms with E-state index in [0.717, 1.165) is 13.0 Å². The van der Waals surface area contributed by atoms with Crippen molar-refractivity contribution in [2.24, 2.45) is 17.1 Å². The lowest BCUT2D eigenvalue weighted by molar-refractivity contribution is -0.135. The number of nitrogens with two attached hydrogens (primary N) is 1. The van der Waals surface area contributed by atoms with E-state index in [2.05, 4.69) is 13.8 Å². The molecule has 1 rings (SSSR count). The first-order valence-electron chi connectivity index (χ1n) is 5.79. The maximum atomic E-state index is 12.1. The van der Waals surface area contributed by atoms with Crippen LogP contribution in [0.5, 0.6) is 0 Å². The van der Waals surface area contributed by atoms with E-state index in [4.69, 9.17) is 5.73 Å². The molecule has 1 amide bonds. The highest BCUT2D eigenvalue weighted by molar-refractivity contribution is 5.83. The molecule has 1 saturated heterocycles. The van der Waals surface area contributed by atoms with Crippen molar-refractivity contribution in [3.05, 3.63) is 0 Å². The van der Waals surface area contributed by atoms with Crippen molar-refractivity contribution in [1.82, 2.24) is 4.90 Å². The van der Waals surface area contributed by atoms with E-state index in [1.165, 1.54) is 0 Å². The summed E-state index contributed by atoms with van der Waals surface area (Å²) in [5, 5.41) is 0. The standard InChI is InChI=1S/C12H24N2O/c1-8-6-9(2)14(7-8)11(15)10(13)12(3,4)5/h8-10H,6-7,13H2,1-5H3. The molecule has 1 fully saturated rings. The average molecular weight is 212 g/mol. The maximum Gasteiger partial charge on any atom is 0.240 e. The predicted octanol–water partition coefficient (Wildman–Crippen LogP) is 1.62. The Balaban J connectivity index is 2.69. The quantitative estimate of drug-likeness (QED) is 0.718. The zero-order chi connectivity index (χ0) is 11.8. The summed E-state index contributed by atoms with van der Waals surface area (Å²) in [6.07, 6.45) is 1.10. The van der Waals surface area contributed by atoms with Crippen LogP contribution in [0.1, 0.15) is 41.0 Å². The van der Waals surface area contributed by atoms with Crippen LogP contribution in [0, 0.1) is 11.3 Å². The highest BCUT2D eigenvalue weighted by Crippen LogP contribution is 2.26. The lowest BCUT2D eigenvalue weighted by Crippen LogP contribution is -2.51. The van der Waals surface area contributed by atoms with Crippen molar-refractivity contribution in [3.63, 3.8) is 0 Å². The fourth-order valence-corrected chi connectivity index (χ4v) is 2.16. The minimum Gasteiger partial charge on any atom is -0.338 e. The van der Waals surface area contributed by atoms with Crippen LogP contribution in [0.4, 0.5) is 0 Å². The van der Waals surface area contributed by atoms with E-state index < -0.39 is 0 Å². The van der Waals surface area contributed by atoms with Gasteiger partial charge < -0.3 is 10.6 Å². The Labute approximate surface area is 93.0 Å². The van der Waals surface area contributed by atoms with Gasteiger partial charge in [0.2, 0.25) is 5.91 Å². The molecule has 0 bridgehead atoms. The van der Waals surface area contributed by atoms with Crippen LogP contribution in [-0.4, -0.2) is 29.4 Å². The molecular weight excluding hydrogens is 188 g/mol. The molecule has 0 aromatic carbocycles. The number of amides is 1. The van der Waals surface area contributed by atoms with Crippen molar-refractivity contribution < 1.29 is 4.79 Å². The summed E-state index contributed by atoms with van der Waals surface area (Å²) >= 11 is 0. The van der Waals surface area contributed by atoms with Crippen LogP contribution in [0.25, 0.3) is 0 Å². The van der Waals surface area contributed by atoms with E-state index in [-0.39, 0.29) is 17.4 Å². The molecule has 3 atom stereocenters. The van der Waals surface area contributed by atoms with Crippen LogP contribution >= 0.6 is 0 Å². The second-order valence-electron chi connectivity index (χ2n) is 6.02. The molecule has 1 aliphatic heterocycles. The second kappa shape index (κ2) is 4.12. The monoisotopic (exact) mass is 212 g/mol. The van der Waals surface area contributed by atoms with E-state index in [0.29, 0.717) is 12.0 Å². The molecule has 1 aliphatic rings. The summed E-state index contributed by atoms with van der Waals surface area (Å²) in [5.41, 5.74) is 5.84. The summed E-state index contributed by atoms with van der Waals surface area (Å²) in [4.78, 5) is 14.1. The molecule has 0 aliphatic carbocycles. The largest absolute Gasteiger partial charge is 0.338 e. The van der Waals surface area contributed by atoms with Gasteiger partial charge in [-0.25, -0.2) is 0 Å². The average Bonchev–Trinajstić information content (AvgIpc) is 2.41. The fraction of sp³-hybridized carbons (Fsp3) is 0.917. The summed E-state index contributed by atoms with van der Waals surface area (Å²) in [6.45, 7) is 11.2. The van der Waals surface area contributed by atoms with Gasteiger partial charge in [-0.15, -0.1) is 0 Å². The third-order valence-electron chi connectivity index (χ3n) is 3.27. The first-order chi connectivity index (χ1) is 6.73. The van der Waals surface area contributed by atoms with Crippen LogP contribution in [-0.2, 0) is 4.79 Å². The van der Waals surface area contributed by atoms with Crippen molar-refractivity contribution in [3.8, 4) is 0 Å². The van der Waals surface area contributed by atoms with Gasteiger partial charge in [-0.2, -0.15) is 0 Å². The van der Waals surface area contributed by atoms with Crippen LogP contribution in [0.2, 0.25) is 0 Å². The Morgan fingerprint density at radius 1 is 1.40 bits per heavy atom. The third kappa shape index (κ3) is 2.71. The highest BCUT2D eigenvalue weighted by Gasteiger charge is 2.36. The zero-order valence-electron chi connectivity index (χ0n) is 10.6. The normalized spacial score (nSPS) is 29.3. The molecule has 88 valence electrons. The number of carbonyl (C=O) groups is 1. The minimum atomic E-state index is -0.384. The van der Waals surface area contributed by atoms with Gasteiger partial charge >= 0.3 is 0 Å². The molecule has 0 aromatic heterocycles. The Morgan fingerprint density at radius 3 is 2.27 bits per heavy atom. The second-order valence-corrected chi connectivity index (χ2v) is 6.02. The van der Waals surface area contributed by atoms with Crippen molar-refractivity contribution in [2.75, 3.05) is 6.54 Å². The number of hydrogen-bond donors (Lipinski definition) is 1. The smallest absolute Gasteiger partial charge is 0.240 e. The Morgan fingerprint density at radius 2 is 1.93 bits per heavy atom. The first-order valence-corrected chi connectivity index (χ1v) is 5.79. The molecule has 0 spiro atoms. The van der Waals surface area contributed by atoms with Gasteiger partial charge in [-0.3, -0.25) is 4.79 Å². The molecule has 3 nitrogen and oxygen atoms in total. The fourth-order valence-electron chi connectivity index (χ4n) is 2.16. The molecule has 3 unspecified atom stereocenters. The number of hydrogen-bond acceptors (Lipinski definition) is 2. The predicted molar refractivity (Wildman–Crippen MR) is 62.4 cm³/mol. The maximum absolute atomic E-state index is 12.1. The summed E-state index contributed by atoms with van der Waals surface area (Å²) in [7, 11) is 0.